The summed E-state index contributed by atoms with van der Waals surface area (Å²) in [7, 11) is 0. The van der Waals surface area contributed by atoms with Gasteiger partial charge in [-0.2, -0.15) is 13.2 Å². The van der Waals surface area contributed by atoms with Gasteiger partial charge in [-0.1, -0.05) is 42.5 Å². The number of alkyl halides is 3. The number of amides is 1. The summed E-state index contributed by atoms with van der Waals surface area (Å²) in [5, 5.41) is 11.3. The van der Waals surface area contributed by atoms with Crippen LogP contribution in [-0.4, -0.2) is 59.9 Å². The van der Waals surface area contributed by atoms with Crippen molar-refractivity contribution in [3.05, 3.63) is 88.2 Å². The Balaban J connectivity index is 1.29. The molecule has 0 radical (unpaired) electrons. The Hall–Kier alpha value is -4.03. The number of aromatic nitrogens is 4. The summed E-state index contributed by atoms with van der Waals surface area (Å²) in [5.74, 6) is -1.96. The lowest BCUT2D eigenvalue weighted by Crippen LogP contribution is -2.50. The van der Waals surface area contributed by atoms with Crippen molar-refractivity contribution in [3.63, 3.8) is 0 Å². The fourth-order valence-electron chi connectivity index (χ4n) is 5.36. The molecule has 1 aliphatic rings. The normalized spacial score (nSPS) is 16.2. The second kappa shape index (κ2) is 11.1. The van der Waals surface area contributed by atoms with Gasteiger partial charge in [-0.25, -0.2) is 9.97 Å². The minimum Gasteiger partial charge on any atom is -0.388 e. The van der Waals surface area contributed by atoms with Gasteiger partial charge in [0, 0.05) is 31.7 Å². The summed E-state index contributed by atoms with van der Waals surface area (Å²) < 4.78 is 44.3. The predicted molar refractivity (Wildman–Crippen MR) is 146 cm³/mol. The Bertz CT molecular complexity index is 1590. The number of rotatable bonds is 7. The van der Waals surface area contributed by atoms with E-state index in [1.165, 1.54) is 40.1 Å². The van der Waals surface area contributed by atoms with E-state index < -0.39 is 35.6 Å². The number of aliphatic hydroxyl groups is 1. The first kappa shape index (κ1) is 28.5. The molecular weight excluding hydrogens is 537 g/mol. The third-order valence-electron chi connectivity index (χ3n) is 7.72. The van der Waals surface area contributed by atoms with Gasteiger partial charge in [0.15, 0.2) is 11.2 Å². The number of carbonyl (C=O) groups excluding carboxylic acids is 1. The van der Waals surface area contributed by atoms with Crippen LogP contribution in [0.2, 0.25) is 0 Å². The van der Waals surface area contributed by atoms with Crippen LogP contribution in [0.5, 0.6) is 0 Å². The first-order valence-corrected chi connectivity index (χ1v) is 13.3. The molecule has 1 atom stereocenters. The van der Waals surface area contributed by atoms with E-state index in [4.69, 9.17) is 5.73 Å². The van der Waals surface area contributed by atoms with Crippen molar-refractivity contribution in [2.24, 2.45) is 5.73 Å². The number of piperidine rings is 1. The highest BCUT2D eigenvalue weighted by atomic mass is 19.4. The molecular formula is C29H31F3N6O3. The number of likely N-dealkylation sites (tertiary alicyclic amines) is 1. The van der Waals surface area contributed by atoms with Crippen molar-refractivity contribution in [2.75, 3.05) is 13.1 Å². The highest BCUT2D eigenvalue weighted by molar-refractivity contribution is 5.77. The molecule has 3 heterocycles. The van der Waals surface area contributed by atoms with Crippen molar-refractivity contribution in [2.45, 2.75) is 57.0 Å². The SMILES string of the molecule is Cc1nc2c(=O)n(CC3(O)CCN(C(=O)CC(c4ccccc4)C(F)(F)F)CC3)cnc2n1-c1ccc(CN)cc1. The molecule has 3 N–H and O–H groups in total. The summed E-state index contributed by atoms with van der Waals surface area (Å²) in [6.07, 6.45) is -3.71. The molecule has 0 saturated carbocycles. The van der Waals surface area contributed by atoms with Crippen molar-refractivity contribution < 1.29 is 23.1 Å². The van der Waals surface area contributed by atoms with Crippen molar-refractivity contribution >= 4 is 17.1 Å². The molecule has 12 heteroatoms. The molecule has 9 nitrogen and oxygen atoms in total. The highest BCUT2D eigenvalue weighted by Crippen LogP contribution is 2.38. The van der Waals surface area contributed by atoms with Crippen molar-refractivity contribution in [1.29, 1.82) is 0 Å². The number of nitrogens with two attached hydrogens (primary N) is 1. The molecule has 0 aliphatic carbocycles. The summed E-state index contributed by atoms with van der Waals surface area (Å²) in [5.41, 5.74) is 6.25. The van der Waals surface area contributed by atoms with E-state index in [0.29, 0.717) is 18.0 Å². The van der Waals surface area contributed by atoms with E-state index in [1.807, 2.05) is 24.3 Å². The summed E-state index contributed by atoms with van der Waals surface area (Å²) in [6, 6.07) is 14.9. The predicted octanol–water partition coefficient (Wildman–Crippen LogP) is 3.44. The zero-order valence-electron chi connectivity index (χ0n) is 22.5. The topological polar surface area (TPSA) is 119 Å². The molecule has 216 valence electrons. The Labute approximate surface area is 234 Å². The van der Waals surface area contributed by atoms with Crippen LogP contribution in [0.1, 0.15) is 42.1 Å². The Morgan fingerprint density at radius 3 is 2.37 bits per heavy atom. The highest BCUT2D eigenvalue weighted by Gasteiger charge is 2.43. The molecule has 1 saturated heterocycles. The maximum atomic E-state index is 13.7. The number of imidazole rings is 1. The number of halogens is 3. The minimum atomic E-state index is -4.57. The largest absolute Gasteiger partial charge is 0.396 e. The van der Waals surface area contributed by atoms with Gasteiger partial charge >= 0.3 is 6.18 Å². The average Bonchev–Trinajstić information content (AvgIpc) is 3.30. The number of hydrogen-bond acceptors (Lipinski definition) is 6. The van der Waals surface area contributed by atoms with E-state index in [2.05, 4.69) is 9.97 Å². The van der Waals surface area contributed by atoms with Gasteiger partial charge in [0.05, 0.1) is 18.1 Å². The van der Waals surface area contributed by atoms with E-state index in [1.54, 1.807) is 17.6 Å². The van der Waals surface area contributed by atoms with Crippen molar-refractivity contribution in [3.8, 4) is 5.69 Å². The van der Waals surface area contributed by atoms with Gasteiger partial charge in [-0.15, -0.1) is 0 Å². The van der Waals surface area contributed by atoms with E-state index in [0.717, 1.165) is 11.3 Å². The van der Waals surface area contributed by atoms with Gasteiger partial charge in [0.1, 0.15) is 12.2 Å². The second-order valence-electron chi connectivity index (χ2n) is 10.5. The number of hydrogen-bond donors (Lipinski definition) is 2. The minimum absolute atomic E-state index is 0.0365. The van der Waals surface area contributed by atoms with Crippen LogP contribution in [0.4, 0.5) is 13.2 Å². The van der Waals surface area contributed by atoms with Gasteiger partial charge in [-0.3, -0.25) is 18.7 Å². The van der Waals surface area contributed by atoms with Crippen LogP contribution in [0.3, 0.4) is 0 Å². The van der Waals surface area contributed by atoms with E-state index in [9.17, 15) is 27.9 Å². The first-order valence-electron chi connectivity index (χ1n) is 13.3. The third kappa shape index (κ3) is 5.89. The van der Waals surface area contributed by atoms with Gasteiger partial charge < -0.3 is 15.7 Å². The number of aryl methyl sites for hydroxylation is 1. The lowest BCUT2D eigenvalue weighted by Gasteiger charge is -2.39. The monoisotopic (exact) mass is 568 g/mol. The Morgan fingerprint density at radius 2 is 1.76 bits per heavy atom. The molecule has 41 heavy (non-hydrogen) atoms. The van der Waals surface area contributed by atoms with E-state index in [-0.39, 0.29) is 43.6 Å². The lowest BCUT2D eigenvalue weighted by molar-refractivity contribution is -0.162. The van der Waals surface area contributed by atoms with Crippen molar-refractivity contribution in [1.82, 2.24) is 24.0 Å². The van der Waals surface area contributed by atoms with Crippen LogP contribution in [0, 0.1) is 6.92 Å². The number of carbonyl (C=O) groups is 1. The first-order chi connectivity index (χ1) is 19.5. The molecule has 1 amide bonds. The summed E-state index contributed by atoms with van der Waals surface area (Å²) in [4.78, 5) is 36.4. The lowest BCUT2D eigenvalue weighted by atomic mass is 9.90. The summed E-state index contributed by atoms with van der Waals surface area (Å²) >= 11 is 0. The van der Waals surface area contributed by atoms with Gasteiger partial charge in [0.25, 0.3) is 5.56 Å². The van der Waals surface area contributed by atoms with Gasteiger partial charge in [0.2, 0.25) is 5.91 Å². The number of nitrogens with zero attached hydrogens (tertiary/aromatic N) is 5. The van der Waals surface area contributed by atoms with Crippen LogP contribution in [-0.2, 0) is 17.9 Å². The molecule has 0 bridgehead atoms. The van der Waals surface area contributed by atoms with Crippen LogP contribution in [0.25, 0.3) is 16.9 Å². The number of fused-ring (bicyclic) bond motifs is 1. The van der Waals surface area contributed by atoms with E-state index >= 15 is 0 Å². The standard InChI is InChI=1S/C29H31F3N6O3/c1-19-35-25-26(38(19)22-9-7-20(16-33)8-10-22)34-18-37(27(25)40)17-28(41)11-13-36(14-12-28)24(39)15-23(29(30,31)32)21-5-3-2-4-6-21/h2-10,18,23,41H,11-17,33H2,1H3. The fraction of sp³-hybridized carbons (Fsp3) is 0.379. The Kier molecular flexibility index (Phi) is 7.71. The quantitative estimate of drug-likeness (QED) is 0.353. The Morgan fingerprint density at radius 1 is 1.10 bits per heavy atom. The van der Waals surface area contributed by atoms with Crippen LogP contribution in [0.15, 0.2) is 65.7 Å². The zero-order valence-corrected chi connectivity index (χ0v) is 22.5. The van der Waals surface area contributed by atoms with Gasteiger partial charge in [-0.05, 0) is 43.0 Å². The maximum Gasteiger partial charge on any atom is 0.396 e. The molecule has 5 rings (SSSR count). The molecule has 2 aromatic heterocycles. The zero-order chi connectivity index (χ0) is 29.4. The number of benzene rings is 2. The molecule has 4 aromatic rings. The smallest absolute Gasteiger partial charge is 0.388 e. The maximum absolute atomic E-state index is 13.7. The molecule has 1 fully saturated rings. The van der Waals surface area contributed by atoms with Crippen LogP contribution < -0.4 is 11.3 Å². The summed E-state index contributed by atoms with van der Waals surface area (Å²) in [6.45, 7) is 2.24. The average molecular weight is 569 g/mol. The second-order valence-corrected chi connectivity index (χ2v) is 10.5. The fourth-order valence-corrected chi connectivity index (χ4v) is 5.36. The molecule has 1 aliphatic heterocycles. The molecule has 0 spiro atoms. The van der Waals surface area contributed by atoms with Crippen LogP contribution >= 0.6 is 0 Å². The molecule has 2 aromatic carbocycles. The third-order valence-corrected chi connectivity index (χ3v) is 7.72. The molecule has 1 unspecified atom stereocenters.